The van der Waals surface area contributed by atoms with Gasteiger partial charge >= 0.3 is 0 Å². The van der Waals surface area contributed by atoms with E-state index in [0.717, 1.165) is 36.9 Å². The highest BCUT2D eigenvalue weighted by Gasteiger charge is 2.36. The molecule has 1 aromatic carbocycles. The maximum Gasteiger partial charge on any atom is 0.0991 e. The van der Waals surface area contributed by atoms with E-state index in [0.29, 0.717) is 0 Å². The van der Waals surface area contributed by atoms with E-state index in [1.54, 1.807) is 0 Å². The molecule has 1 nitrogen and oxygen atoms in total. The van der Waals surface area contributed by atoms with Crippen LogP contribution in [0.1, 0.15) is 31.2 Å². The van der Waals surface area contributed by atoms with Gasteiger partial charge in [0.1, 0.15) is 0 Å². The number of hydrogen-bond acceptors (Lipinski definition) is 1. The van der Waals surface area contributed by atoms with Crippen LogP contribution in [-0.4, -0.2) is 6.67 Å². The summed E-state index contributed by atoms with van der Waals surface area (Å²) in [6.07, 6.45) is 4.13. The Kier molecular flexibility index (Phi) is 2.44. The molecule has 0 atom stereocenters. The molecule has 76 valence electrons. The standard InChI is InChI=1S/C12H16FN/c13-9-12(7-3-4-8-12)10-5-1-2-6-11(10)14/h1-2,5-6H,3-4,7-9,14H2. The molecule has 1 saturated carbocycles. The third-order valence-corrected chi connectivity index (χ3v) is 3.35. The minimum absolute atomic E-state index is 0.272. The van der Waals surface area contributed by atoms with E-state index in [9.17, 15) is 4.39 Å². The first-order valence-corrected chi connectivity index (χ1v) is 5.19. The smallest absolute Gasteiger partial charge is 0.0991 e. The molecular weight excluding hydrogens is 177 g/mol. The van der Waals surface area contributed by atoms with Gasteiger partial charge in [0.2, 0.25) is 0 Å². The Balaban J connectivity index is 2.41. The number of rotatable bonds is 2. The molecule has 0 saturated heterocycles. The number of alkyl halides is 1. The van der Waals surface area contributed by atoms with Gasteiger partial charge in [0, 0.05) is 11.1 Å². The van der Waals surface area contributed by atoms with Crippen LogP contribution < -0.4 is 5.73 Å². The molecule has 0 aliphatic heterocycles. The van der Waals surface area contributed by atoms with Gasteiger partial charge in [0.15, 0.2) is 0 Å². The summed E-state index contributed by atoms with van der Waals surface area (Å²) in [4.78, 5) is 0. The van der Waals surface area contributed by atoms with Crippen molar-refractivity contribution in [2.24, 2.45) is 0 Å². The second-order valence-electron chi connectivity index (χ2n) is 4.21. The lowest BCUT2D eigenvalue weighted by atomic mass is 9.79. The number of benzene rings is 1. The Bertz CT molecular complexity index is 316. The van der Waals surface area contributed by atoms with E-state index >= 15 is 0 Å². The predicted octanol–water partition coefficient (Wildman–Crippen LogP) is 3.05. The summed E-state index contributed by atoms with van der Waals surface area (Å²) < 4.78 is 13.2. The maximum absolute atomic E-state index is 13.2. The van der Waals surface area contributed by atoms with E-state index in [-0.39, 0.29) is 12.1 Å². The molecule has 0 spiro atoms. The van der Waals surface area contributed by atoms with Gasteiger partial charge in [0.25, 0.3) is 0 Å². The summed E-state index contributed by atoms with van der Waals surface area (Å²) in [7, 11) is 0. The number of para-hydroxylation sites is 1. The first-order valence-electron chi connectivity index (χ1n) is 5.19. The van der Waals surface area contributed by atoms with Gasteiger partial charge < -0.3 is 5.73 Å². The van der Waals surface area contributed by atoms with Gasteiger partial charge in [-0.2, -0.15) is 0 Å². The summed E-state index contributed by atoms with van der Waals surface area (Å²) in [5.74, 6) is 0. The molecule has 1 aliphatic carbocycles. The SMILES string of the molecule is Nc1ccccc1C1(CF)CCCC1. The molecule has 0 aromatic heterocycles. The van der Waals surface area contributed by atoms with Crippen LogP contribution in [0.15, 0.2) is 24.3 Å². The number of hydrogen-bond donors (Lipinski definition) is 1. The molecule has 0 radical (unpaired) electrons. The fraction of sp³-hybridized carbons (Fsp3) is 0.500. The highest BCUT2D eigenvalue weighted by Crippen LogP contribution is 2.43. The number of anilines is 1. The molecule has 2 rings (SSSR count). The van der Waals surface area contributed by atoms with Crippen LogP contribution in [0.25, 0.3) is 0 Å². The third-order valence-electron chi connectivity index (χ3n) is 3.35. The third kappa shape index (κ3) is 1.39. The van der Waals surface area contributed by atoms with E-state index in [1.807, 2.05) is 24.3 Å². The zero-order valence-electron chi connectivity index (χ0n) is 8.30. The Labute approximate surface area is 84.1 Å². The van der Waals surface area contributed by atoms with Gasteiger partial charge in [-0.15, -0.1) is 0 Å². The number of nitrogen functional groups attached to an aromatic ring is 1. The molecule has 2 N–H and O–H groups in total. The van der Waals surface area contributed by atoms with Gasteiger partial charge in [0.05, 0.1) is 6.67 Å². The van der Waals surface area contributed by atoms with Crippen molar-refractivity contribution in [3.63, 3.8) is 0 Å². The van der Waals surface area contributed by atoms with E-state index in [2.05, 4.69) is 0 Å². The molecule has 0 unspecified atom stereocenters. The summed E-state index contributed by atoms with van der Waals surface area (Å²) in [6, 6.07) is 7.69. The number of halogens is 1. The van der Waals surface area contributed by atoms with E-state index in [1.165, 1.54) is 0 Å². The van der Waals surface area contributed by atoms with Crippen molar-refractivity contribution in [3.8, 4) is 0 Å². The lowest BCUT2D eigenvalue weighted by molar-refractivity contribution is 0.310. The fourth-order valence-electron chi connectivity index (χ4n) is 2.51. The van der Waals surface area contributed by atoms with Crippen molar-refractivity contribution < 1.29 is 4.39 Å². The van der Waals surface area contributed by atoms with Gasteiger partial charge in [-0.3, -0.25) is 4.39 Å². The van der Waals surface area contributed by atoms with Crippen LogP contribution in [0, 0.1) is 0 Å². The average Bonchev–Trinajstić information content (AvgIpc) is 2.68. The van der Waals surface area contributed by atoms with Crippen molar-refractivity contribution in [3.05, 3.63) is 29.8 Å². The average molecular weight is 193 g/mol. The summed E-state index contributed by atoms with van der Waals surface area (Å²) >= 11 is 0. The highest BCUT2D eigenvalue weighted by molar-refractivity contribution is 5.51. The minimum Gasteiger partial charge on any atom is -0.398 e. The van der Waals surface area contributed by atoms with Crippen molar-refractivity contribution in [2.45, 2.75) is 31.1 Å². The van der Waals surface area contributed by atoms with Crippen LogP contribution in [0.2, 0.25) is 0 Å². The molecule has 0 bridgehead atoms. The minimum atomic E-state index is -0.277. The van der Waals surface area contributed by atoms with Gasteiger partial charge in [-0.05, 0) is 24.5 Å². The predicted molar refractivity (Wildman–Crippen MR) is 57.0 cm³/mol. The van der Waals surface area contributed by atoms with Gasteiger partial charge in [-0.1, -0.05) is 31.0 Å². The largest absolute Gasteiger partial charge is 0.398 e. The zero-order valence-corrected chi connectivity index (χ0v) is 8.30. The van der Waals surface area contributed by atoms with Crippen LogP contribution in [0.4, 0.5) is 10.1 Å². The quantitative estimate of drug-likeness (QED) is 0.718. The first-order chi connectivity index (χ1) is 6.78. The topological polar surface area (TPSA) is 26.0 Å². The Hall–Kier alpha value is -1.05. The summed E-state index contributed by atoms with van der Waals surface area (Å²) in [6.45, 7) is -0.277. The van der Waals surface area contributed by atoms with Crippen LogP contribution in [-0.2, 0) is 5.41 Å². The monoisotopic (exact) mass is 193 g/mol. The second-order valence-corrected chi connectivity index (χ2v) is 4.21. The molecule has 1 fully saturated rings. The zero-order chi connectivity index (χ0) is 10.0. The second kappa shape index (κ2) is 3.60. The molecule has 0 heterocycles. The normalized spacial score (nSPS) is 19.8. The van der Waals surface area contributed by atoms with Crippen molar-refractivity contribution in [2.75, 3.05) is 12.4 Å². The van der Waals surface area contributed by atoms with Crippen LogP contribution in [0.5, 0.6) is 0 Å². The Morgan fingerprint density at radius 3 is 2.43 bits per heavy atom. The van der Waals surface area contributed by atoms with Crippen molar-refractivity contribution in [1.82, 2.24) is 0 Å². The Morgan fingerprint density at radius 2 is 1.86 bits per heavy atom. The maximum atomic E-state index is 13.2. The highest BCUT2D eigenvalue weighted by atomic mass is 19.1. The van der Waals surface area contributed by atoms with Gasteiger partial charge in [-0.25, -0.2) is 0 Å². The van der Waals surface area contributed by atoms with Crippen molar-refractivity contribution in [1.29, 1.82) is 0 Å². The molecule has 1 aromatic rings. The molecule has 2 heteroatoms. The Morgan fingerprint density at radius 1 is 1.21 bits per heavy atom. The van der Waals surface area contributed by atoms with Crippen LogP contribution >= 0.6 is 0 Å². The van der Waals surface area contributed by atoms with Crippen LogP contribution in [0.3, 0.4) is 0 Å². The number of nitrogens with two attached hydrogens (primary N) is 1. The molecule has 14 heavy (non-hydrogen) atoms. The van der Waals surface area contributed by atoms with E-state index < -0.39 is 0 Å². The first kappa shape index (κ1) is 9.50. The van der Waals surface area contributed by atoms with Crippen molar-refractivity contribution >= 4 is 5.69 Å². The molecular formula is C12H16FN. The molecule has 0 amide bonds. The summed E-state index contributed by atoms with van der Waals surface area (Å²) in [5.41, 5.74) is 7.38. The molecule has 1 aliphatic rings. The van der Waals surface area contributed by atoms with E-state index in [4.69, 9.17) is 5.73 Å². The lowest BCUT2D eigenvalue weighted by Gasteiger charge is -2.27. The summed E-state index contributed by atoms with van der Waals surface area (Å²) in [5, 5.41) is 0. The fourth-order valence-corrected chi connectivity index (χ4v) is 2.51. The lowest BCUT2D eigenvalue weighted by Crippen LogP contribution is -2.25.